The van der Waals surface area contributed by atoms with Crippen LogP contribution < -0.4 is 5.32 Å². The van der Waals surface area contributed by atoms with E-state index in [0.29, 0.717) is 6.04 Å². The van der Waals surface area contributed by atoms with Gasteiger partial charge in [-0.15, -0.1) is 0 Å². The van der Waals surface area contributed by atoms with E-state index in [1.165, 1.54) is 32.5 Å². The molecule has 1 unspecified atom stereocenters. The zero-order valence-corrected chi connectivity index (χ0v) is 11.7. The smallest absolute Gasteiger partial charge is 0.0945 e. The molecule has 0 saturated carbocycles. The Morgan fingerprint density at radius 3 is 3.00 bits per heavy atom. The van der Waals surface area contributed by atoms with Crippen LogP contribution in [0.1, 0.15) is 26.7 Å². The van der Waals surface area contributed by atoms with Crippen LogP contribution in [0, 0.1) is 5.92 Å². The SMILES string of the molecule is CC(C)N1CCC(CNCCCn2ccnc2)C1. The van der Waals surface area contributed by atoms with Crippen molar-refractivity contribution in [3.63, 3.8) is 0 Å². The standard InChI is InChI=1S/C14H26N4/c1-13(2)18-8-4-14(11-18)10-15-5-3-7-17-9-6-16-12-17/h6,9,12-15H,3-5,7-8,10-11H2,1-2H3. The number of nitrogens with zero attached hydrogens (tertiary/aromatic N) is 3. The molecule has 2 rings (SSSR count). The number of hydrogen-bond donors (Lipinski definition) is 1. The zero-order valence-electron chi connectivity index (χ0n) is 11.7. The second-order valence-electron chi connectivity index (χ2n) is 5.60. The Bertz CT molecular complexity index is 321. The average Bonchev–Trinajstić information content (AvgIpc) is 2.98. The van der Waals surface area contributed by atoms with Gasteiger partial charge in [-0.3, -0.25) is 0 Å². The number of aryl methyl sites for hydroxylation is 1. The molecule has 1 N–H and O–H groups in total. The highest BCUT2D eigenvalue weighted by atomic mass is 15.2. The van der Waals surface area contributed by atoms with E-state index in [-0.39, 0.29) is 0 Å². The first-order valence-corrected chi connectivity index (χ1v) is 7.16. The number of likely N-dealkylation sites (tertiary alicyclic amines) is 1. The van der Waals surface area contributed by atoms with Crippen molar-refractivity contribution in [2.45, 2.75) is 39.3 Å². The third kappa shape index (κ3) is 4.10. The molecule has 1 fully saturated rings. The topological polar surface area (TPSA) is 33.1 Å². The van der Waals surface area contributed by atoms with Crippen molar-refractivity contribution in [1.29, 1.82) is 0 Å². The Labute approximate surface area is 110 Å². The number of nitrogens with one attached hydrogen (secondary N) is 1. The quantitative estimate of drug-likeness (QED) is 0.746. The fourth-order valence-electron chi connectivity index (χ4n) is 2.61. The van der Waals surface area contributed by atoms with E-state index in [2.05, 4.69) is 33.6 Å². The molecule has 0 spiro atoms. The molecule has 18 heavy (non-hydrogen) atoms. The van der Waals surface area contributed by atoms with Gasteiger partial charge in [-0.05, 0) is 52.2 Å². The maximum atomic E-state index is 4.05. The molecule has 0 amide bonds. The van der Waals surface area contributed by atoms with Gasteiger partial charge in [-0.25, -0.2) is 4.98 Å². The second-order valence-corrected chi connectivity index (χ2v) is 5.60. The highest BCUT2D eigenvalue weighted by Crippen LogP contribution is 2.17. The van der Waals surface area contributed by atoms with Crippen molar-refractivity contribution >= 4 is 0 Å². The van der Waals surface area contributed by atoms with Crippen molar-refractivity contribution in [3.8, 4) is 0 Å². The molecule has 0 radical (unpaired) electrons. The van der Waals surface area contributed by atoms with Crippen molar-refractivity contribution in [3.05, 3.63) is 18.7 Å². The van der Waals surface area contributed by atoms with E-state index < -0.39 is 0 Å². The van der Waals surface area contributed by atoms with E-state index in [4.69, 9.17) is 0 Å². The summed E-state index contributed by atoms with van der Waals surface area (Å²) in [4.78, 5) is 6.63. The van der Waals surface area contributed by atoms with E-state index in [9.17, 15) is 0 Å². The first kappa shape index (κ1) is 13.6. The van der Waals surface area contributed by atoms with E-state index in [0.717, 1.165) is 19.0 Å². The molecule has 102 valence electrons. The molecular formula is C14H26N4. The van der Waals surface area contributed by atoms with Gasteiger partial charge in [0.25, 0.3) is 0 Å². The Morgan fingerprint density at radius 2 is 2.33 bits per heavy atom. The Morgan fingerprint density at radius 1 is 1.44 bits per heavy atom. The minimum atomic E-state index is 0.705. The number of aromatic nitrogens is 2. The summed E-state index contributed by atoms with van der Waals surface area (Å²) >= 11 is 0. The maximum absolute atomic E-state index is 4.05. The minimum absolute atomic E-state index is 0.705. The average molecular weight is 250 g/mol. The van der Waals surface area contributed by atoms with Crippen LogP contribution in [-0.2, 0) is 6.54 Å². The molecule has 0 aliphatic carbocycles. The van der Waals surface area contributed by atoms with Gasteiger partial charge in [-0.1, -0.05) is 0 Å². The molecule has 0 aromatic carbocycles. The lowest BCUT2D eigenvalue weighted by Gasteiger charge is -2.20. The highest BCUT2D eigenvalue weighted by molar-refractivity contribution is 4.79. The summed E-state index contributed by atoms with van der Waals surface area (Å²) in [5, 5.41) is 3.59. The number of imidazole rings is 1. The minimum Gasteiger partial charge on any atom is -0.337 e. The molecule has 0 bridgehead atoms. The fraction of sp³-hybridized carbons (Fsp3) is 0.786. The van der Waals surface area contributed by atoms with Crippen molar-refractivity contribution in [2.24, 2.45) is 5.92 Å². The molecule has 1 aliphatic rings. The molecular weight excluding hydrogens is 224 g/mol. The second kappa shape index (κ2) is 6.90. The summed E-state index contributed by atoms with van der Waals surface area (Å²) < 4.78 is 2.14. The highest BCUT2D eigenvalue weighted by Gasteiger charge is 2.23. The van der Waals surface area contributed by atoms with Crippen LogP contribution in [0.25, 0.3) is 0 Å². The molecule has 1 atom stereocenters. The van der Waals surface area contributed by atoms with E-state index in [1.54, 1.807) is 0 Å². The van der Waals surface area contributed by atoms with E-state index in [1.807, 2.05) is 18.7 Å². The molecule has 1 aromatic heterocycles. The predicted molar refractivity (Wildman–Crippen MR) is 74.5 cm³/mol. The lowest BCUT2D eigenvalue weighted by molar-refractivity contribution is 0.264. The van der Waals surface area contributed by atoms with Crippen LogP contribution in [0.5, 0.6) is 0 Å². The lowest BCUT2D eigenvalue weighted by atomic mass is 10.1. The van der Waals surface area contributed by atoms with Gasteiger partial charge in [0, 0.05) is 31.5 Å². The van der Waals surface area contributed by atoms with Crippen LogP contribution in [0.4, 0.5) is 0 Å². The Balaban J connectivity index is 1.51. The van der Waals surface area contributed by atoms with Crippen LogP contribution in [0.15, 0.2) is 18.7 Å². The van der Waals surface area contributed by atoms with Crippen LogP contribution in [0.2, 0.25) is 0 Å². The Kier molecular flexibility index (Phi) is 5.20. The summed E-state index contributed by atoms with van der Waals surface area (Å²) in [6.45, 7) is 10.5. The summed E-state index contributed by atoms with van der Waals surface area (Å²) in [6.07, 6.45) is 8.28. The molecule has 4 heteroatoms. The summed E-state index contributed by atoms with van der Waals surface area (Å²) in [5.74, 6) is 0.848. The predicted octanol–water partition coefficient (Wildman–Crippen LogP) is 1.59. The van der Waals surface area contributed by atoms with Gasteiger partial charge in [0.1, 0.15) is 0 Å². The zero-order chi connectivity index (χ0) is 12.8. The maximum Gasteiger partial charge on any atom is 0.0945 e. The lowest BCUT2D eigenvalue weighted by Crippen LogP contribution is -2.31. The molecule has 1 saturated heterocycles. The monoisotopic (exact) mass is 250 g/mol. The van der Waals surface area contributed by atoms with Crippen LogP contribution in [-0.4, -0.2) is 46.7 Å². The van der Waals surface area contributed by atoms with Gasteiger partial charge in [0.05, 0.1) is 6.33 Å². The van der Waals surface area contributed by atoms with E-state index >= 15 is 0 Å². The fourth-order valence-corrected chi connectivity index (χ4v) is 2.61. The van der Waals surface area contributed by atoms with Crippen LogP contribution in [0.3, 0.4) is 0 Å². The first-order valence-electron chi connectivity index (χ1n) is 7.16. The normalized spacial score (nSPS) is 20.9. The van der Waals surface area contributed by atoms with Gasteiger partial charge in [0.2, 0.25) is 0 Å². The van der Waals surface area contributed by atoms with Gasteiger partial charge in [-0.2, -0.15) is 0 Å². The molecule has 1 aliphatic heterocycles. The van der Waals surface area contributed by atoms with Gasteiger partial charge < -0.3 is 14.8 Å². The summed E-state index contributed by atoms with van der Waals surface area (Å²) in [6, 6.07) is 0.705. The summed E-state index contributed by atoms with van der Waals surface area (Å²) in [5.41, 5.74) is 0. The molecule has 2 heterocycles. The van der Waals surface area contributed by atoms with Crippen molar-refractivity contribution in [1.82, 2.24) is 19.8 Å². The van der Waals surface area contributed by atoms with Gasteiger partial charge >= 0.3 is 0 Å². The van der Waals surface area contributed by atoms with Crippen molar-refractivity contribution in [2.75, 3.05) is 26.2 Å². The third-order valence-electron chi connectivity index (χ3n) is 3.81. The number of rotatable bonds is 7. The first-order chi connectivity index (χ1) is 8.75. The third-order valence-corrected chi connectivity index (χ3v) is 3.81. The molecule has 4 nitrogen and oxygen atoms in total. The number of hydrogen-bond acceptors (Lipinski definition) is 3. The van der Waals surface area contributed by atoms with Gasteiger partial charge in [0.15, 0.2) is 0 Å². The Hall–Kier alpha value is -0.870. The molecule has 1 aromatic rings. The largest absolute Gasteiger partial charge is 0.337 e. The van der Waals surface area contributed by atoms with Crippen molar-refractivity contribution < 1.29 is 0 Å². The van der Waals surface area contributed by atoms with Crippen LogP contribution >= 0.6 is 0 Å². The summed E-state index contributed by atoms with van der Waals surface area (Å²) in [7, 11) is 0.